The number of rotatable bonds is 18. The first kappa shape index (κ1) is 68.2. The van der Waals surface area contributed by atoms with Gasteiger partial charge in [0.05, 0.1) is 34.8 Å². The van der Waals surface area contributed by atoms with Gasteiger partial charge in [-0.05, 0) is 134 Å². The number of halogens is 2. The minimum absolute atomic E-state index is 0.0661. The van der Waals surface area contributed by atoms with E-state index in [1.807, 2.05) is 159 Å². The number of amidine groups is 1. The summed E-state index contributed by atoms with van der Waals surface area (Å²) in [4.78, 5) is 108. The Morgan fingerprint density at radius 1 is 0.720 bits per heavy atom. The van der Waals surface area contributed by atoms with Crippen LogP contribution < -0.4 is 20.7 Å². The smallest absolute Gasteiger partial charge is 0.326 e. The van der Waals surface area contributed by atoms with Crippen molar-refractivity contribution in [2.24, 2.45) is 16.3 Å². The Bertz CT molecular complexity index is 3710. The fourth-order valence-electron chi connectivity index (χ4n) is 13.3. The van der Waals surface area contributed by atoms with Gasteiger partial charge in [0.25, 0.3) is 0 Å². The van der Waals surface area contributed by atoms with Gasteiger partial charge in [0, 0.05) is 74.7 Å². The summed E-state index contributed by atoms with van der Waals surface area (Å²) in [6.45, 7) is 23.6. The molecule has 4 aliphatic heterocycles. The van der Waals surface area contributed by atoms with Crippen LogP contribution in [-0.4, -0.2) is 148 Å². The van der Waals surface area contributed by atoms with E-state index in [0.717, 1.165) is 44.0 Å². The Morgan fingerprint density at radius 2 is 1.37 bits per heavy atom. The lowest BCUT2D eigenvalue weighted by molar-refractivity contribution is -0.144. The zero-order chi connectivity index (χ0) is 66.6. The van der Waals surface area contributed by atoms with Crippen molar-refractivity contribution < 1.29 is 33.5 Å². The highest BCUT2D eigenvalue weighted by Gasteiger charge is 2.60. The molecule has 1 aromatic heterocycles. The first-order chi connectivity index (χ1) is 44.3. The molecule has 0 radical (unpaired) electrons. The highest BCUT2D eigenvalue weighted by molar-refractivity contribution is 7.13. The summed E-state index contributed by atoms with van der Waals surface area (Å²) >= 11 is 14.6. The second kappa shape index (κ2) is 28.5. The third kappa shape index (κ3) is 15.0. The summed E-state index contributed by atoms with van der Waals surface area (Å²) in [7, 11) is 0. The number of ether oxygens (including phenoxy) is 1. The molecule has 4 aliphatic rings. The number of hydrogen-bond donors (Lipinski definition) is 3. The molecule has 3 N–H and O–H groups in total. The van der Waals surface area contributed by atoms with Gasteiger partial charge in [-0.1, -0.05) is 150 Å². The number of piperidine rings is 1. The number of hydrogen-bond acceptors (Lipinski definition) is 11. The van der Waals surface area contributed by atoms with E-state index in [1.165, 1.54) is 0 Å². The fraction of sp³-hybridized carbons (Fsp3) is 0.452. The summed E-state index contributed by atoms with van der Waals surface area (Å²) in [6, 6.07) is 35.8. The lowest BCUT2D eigenvalue weighted by atomic mass is 9.71. The number of aliphatic imine (C=N–C) groups is 1. The molecule has 0 aliphatic carbocycles. The van der Waals surface area contributed by atoms with Crippen LogP contribution >= 0.6 is 34.5 Å². The van der Waals surface area contributed by atoms with E-state index in [4.69, 9.17) is 32.9 Å². The molecular formula is C73H88Cl2N10O7S. The number of nitrogens with zero attached hydrogens (tertiary/aromatic N) is 7. The third-order valence-corrected chi connectivity index (χ3v) is 20.6. The van der Waals surface area contributed by atoms with E-state index >= 15 is 4.79 Å². The van der Waals surface area contributed by atoms with Crippen molar-refractivity contribution in [3.8, 4) is 16.2 Å². The number of nitrogens with one attached hydrogen (secondary N) is 3. The number of likely N-dealkylation sites (tertiary alicyclic amines) is 2. The quantitative estimate of drug-likeness (QED) is 0.0752. The number of aromatic nitrogens is 1. The number of thiazole rings is 1. The largest absolute Gasteiger partial charge is 0.493 e. The third-order valence-electron chi connectivity index (χ3n) is 19.1. The fourth-order valence-corrected chi connectivity index (χ4v) is 14.4. The molecule has 7 amide bonds. The minimum Gasteiger partial charge on any atom is -0.493 e. The summed E-state index contributed by atoms with van der Waals surface area (Å²) in [6.07, 6.45) is 2.09. The van der Waals surface area contributed by atoms with Gasteiger partial charge in [-0.25, -0.2) is 9.78 Å². The van der Waals surface area contributed by atoms with Gasteiger partial charge in [0.1, 0.15) is 40.8 Å². The Labute approximate surface area is 561 Å². The van der Waals surface area contributed by atoms with Gasteiger partial charge in [-0.15, -0.1) is 11.3 Å². The van der Waals surface area contributed by atoms with Gasteiger partial charge in [0.2, 0.25) is 29.5 Å². The molecule has 20 heteroatoms. The molecule has 5 atom stereocenters. The van der Waals surface area contributed by atoms with Crippen LogP contribution in [-0.2, 0) is 53.4 Å². The van der Waals surface area contributed by atoms with E-state index < -0.39 is 46.4 Å². The van der Waals surface area contributed by atoms with E-state index in [2.05, 4.69) is 72.6 Å². The van der Waals surface area contributed by atoms with Crippen LogP contribution in [0.15, 0.2) is 132 Å². The Balaban J connectivity index is 0.775. The van der Waals surface area contributed by atoms with E-state index in [9.17, 15) is 24.0 Å². The summed E-state index contributed by atoms with van der Waals surface area (Å²) < 4.78 is 6.41. The number of carbonyl (C=O) groups excluding carboxylic acids is 6. The molecule has 5 aromatic carbocycles. The summed E-state index contributed by atoms with van der Waals surface area (Å²) in [5.74, 6) is -0.864. The topological polar surface area (TPSA) is 189 Å². The first-order valence-corrected chi connectivity index (χ1v) is 34.1. The maximum atomic E-state index is 15.8. The van der Waals surface area contributed by atoms with Gasteiger partial charge in [-0.3, -0.25) is 38.8 Å². The molecule has 0 spiro atoms. The number of urea groups is 1. The Kier molecular flexibility index (Phi) is 20.9. The summed E-state index contributed by atoms with van der Waals surface area (Å²) in [5, 5.41) is 10.3. The van der Waals surface area contributed by atoms with Crippen molar-refractivity contribution >= 4 is 75.9 Å². The lowest BCUT2D eigenvalue weighted by Crippen LogP contribution is -2.61. The average molecular weight is 1320 g/mol. The van der Waals surface area contributed by atoms with Crippen molar-refractivity contribution in [1.29, 1.82) is 0 Å². The maximum Gasteiger partial charge on any atom is 0.326 e. The van der Waals surface area contributed by atoms with Crippen LogP contribution in [0.25, 0.3) is 10.4 Å². The predicted octanol–water partition coefficient (Wildman–Crippen LogP) is 11.6. The van der Waals surface area contributed by atoms with Crippen LogP contribution in [0.2, 0.25) is 10.0 Å². The maximum absolute atomic E-state index is 15.8. The molecule has 492 valence electrons. The summed E-state index contributed by atoms with van der Waals surface area (Å²) in [5.41, 5.74) is 5.96. The van der Waals surface area contributed by atoms with Crippen molar-refractivity contribution in [3.05, 3.63) is 176 Å². The zero-order valence-corrected chi connectivity index (χ0v) is 57.5. The number of piperazine rings is 1. The monoisotopic (exact) mass is 1320 g/mol. The number of carbonyl (C=O) groups is 6. The van der Waals surface area contributed by atoms with Crippen LogP contribution in [0.5, 0.6) is 5.75 Å². The first-order valence-electron chi connectivity index (χ1n) is 32.5. The molecule has 10 rings (SSSR count). The van der Waals surface area contributed by atoms with E-state index in [1.54, 1.807) is 21.1 Å². The van der Waals surface area contributed by atoms with Gasteiger partial charge in [-0.2, -0.15) is 0 Å². The van der Waals surface area contributed by atoms with Crippen LogP contribution in [0, 0.1) is 18.3 Å². The van der Waals surface area contributed by atoms with Gasteiger partial charge in [0.15, 0.2) is 0 Å². The molecule has 0 bridgehead atoms. The Morgan fingerprint density at radius 3 is 1.97 bits per heavy atom. The number of aryl methyl sites for hydroxylation is 1. The van der Waals surface area contributed by atoms with Gasteiger partial charge >= 0.3 is 6.03 Å². The number of amides is 7. The van der Waals surface area contributed by atoms with Gasteiger partial charge < -0.3 is 35.4 Å². The predicted molar refractivity (Wildman–Crippen MR) is 367 cm³/mol. The average Bonchev–Trinajstić information content (AvgIpc) is 1.55. The molecule has 3 fully saturated rings. The van der Waals surface area contributed by atoms with Crippen molar-refractivity contribution in [1.82, 2.24) is 45.4 Å². The second-order valence-electron chi connectivity index (χ2n) is 27.5. The lowest BCUT2D eigenvalue weighted by Gasteiger charge is -2.47. The highest BCUT2D eigenvalue weighted by atomic mass is 35.5. The molecule has 17 nitrogen and oxygen atoms in total. The van der Waals surface area contributed by atoms with E-state index in [0.29, 0.717) is 112 Å². The molecule has 6 aromatic rings. The van der Waals surface area contributed by atoms with Crippen LogP contribution in [0.3, 0.4) is 0 Å². The Hall–Kier alpha value is -7.64. The molecule has 0 saturated carbocycles. The molecule has 3 saturated heterocycles. The number of benzene rings is 5. The zero-order valence-electron chi connectivity index (χ0n) is 55.2. The SMILES string of the molecule is CCOc1cc(C(C)(C)C)ccc1C1=N[C@@](C)(c2ccc(Cl)cc2)[C@@](C)(c2ccc(Cl)cc2)N1C(=O)N1CCN(CC(=O)N2CCC(C(=O)N[C@H](Cc3ccccc3)C(=O)N[C@H](C(=O)N3CCC[C@H]3C(=O)NCc3ccc(-c4scnc4C)cc3)C(C)(C)C)CC2)CC1. The standard InChI is InChI=1S/C73H88Cl2N10O7S/c1-11-92-60-43-54(70(3,4)5)27-32-57(60)64-80-72(9,52-23-28-55(74)29-24-52)73(10,53-25-30-56(75)31-26-53)85(64)69(91)83-40-38-81(39-41-83)45-61(86)82-36-33-51(34-37-82)65(87)78-58(42-48-16-13-12-14-17-48)66(88)79-63(71(6,7)8)68(90)84-35-15-18-59(84)67(89)76-44-49-19-21-50(22-20-49)62-47(2)77-46-93-62/h12-14,16-17,19-32,43,46,51,58-59,63H,11,15,18,33-42,44-45H2,1-10H3,(H,76,89)(H,78,87)(H,79,88)/t58-,59+,63-,72+,73-/m1/s1. The van der Waals surface area contributed by atoms with Crippen molar-refractivity contribution in [3.63, 3.8) is 0 Å². The highest BCUT2D eigenvalue weighted by Crippen LogP contribution is 2.54. The van der Waals surface area contributed by atoms with Crippen LogP contribution in [0.1, 0.15) is 127 Å². The van der Waals surface area contributed by atoms with Crippen LogP contribution in [0.4, 0.5) is 4.79 Å². The normalized spacial score (nSPS) is 20.4. The van der Waals surface area contributed by atoms with Crippen molar-refractivity contribution in [2.75, 3.05) is 59.0 Å². The minimum atomic E-state index is -1.11. The van der Waals surface area contributed by atoms with Crippen molar-refractivity contribution in [2.45, 2.75) is 143 Å². The molecule has 0 unspecified atom stereocenters. The molecule has 5 heterocycles. The molecular weight excluding hydrogens is 1230 g/mol. The van der Waals surface area contributed by atoms with E-state index in [-0.39, 0.29) is 48.0 Å². The second-order valence-corrected chi connectivity index (χ2v) is 29.2. The molecule has 93 heavy (non-hydrogen) atoms.